The molecule has 4 nitrogen and oxygen atoms in total. The average molecular weight is 266 g/mol. The Morgan fingerprint density at radius 2 is 1.84 bits per heavy atom. The number of hydrogen-bond donors (Lipinski definition) is 0. The molecule has 0 aromatic heterocycles. The van der Waals surface area contributed by atoms with Gasteiger partial charge in [-0.2, -0.15) is 0 Å². The maximum atomic E-state index is 12.1. The fraction of sp³-hybridized carbons (Fsp3) is 0.533. The van der Waals surface area contributed by atoms with E-state index in [1.807, 2.05) is 19.9 Å². The van der Waals surface area contributed by atoms with E-state index in [1.165, 1.54) is 0 Å². The Kier molecular flexibility index (Phi) is 6.36. The number of hydrogen-bond acceptors (Lipinski definition) is 4. The Bertz CT molecular complexity index is 415. The molecule has 0 saturated heterocycles. The predicted octanol–water partition coefficient (Wildman–Crippen LogP) is 3.15. The van der Waals surface area contributed by atoms with Gasteiger partial charge in [-0.05, 0) is 31.0 Å². The van der Waals surface area contributed by atoms with E-state index in [4.69, 9.17) is 14.2 Å². The summed E-state index contributed by atoms with van der Waals surface area (Å²) in [6, 6.07) is 5.43. The van der Waals surface area contributed by atoms with Crippen molar-refractivity contribution in [2.45, 2.75) is 32.8 Å². The lowest BCUT2D eigenvalue weighted by Crippen LogP contribution is -2.16. The Hall–Kier alpha value is -1.55. The van der Waals surface area contributed by atoms with Gasteiger partial charge in [-0.15, -0.1) is 0 Å². The summed E-state index contributed by atoms with van der Waals surface area (Å²) in [5.41, 5.74) is 0.804. The van der Waals surface area contributed by atoms with Crippen molar-refractivity contribution in [2.24, 2.45) is 0 Å². The van der Waals surface area contributed by atoms with Gasteiger partial charge in [0.15, 0.2) is 17.3 Å². The van der Waals surface area contributed by atoms with E-state index in [2.05, 4.69) is 0 Å². The quantitative estimate of drug-likeness (QED) is 0.725. The van der Waals surface area contributed by atoms with Gasteiger partial charge in [0, 0.05) is 13.0 Å². The molecule has 0 N–H and O–H groups in total. The smallest absolute Gasteiger partial charge is 0.166 e. The lowest BCUT2D eigenvalue weighted by Gasteiger charge is -2.17. The second-order valence-electron chi connectivity index (χ2n) is 4.17. The molecule has 4 heteroatoms. The average Bonchev–Trinajstić information content (AvgIpc) is 2.44. The number of ketones is 1. The van der Waals surface area contributed by atoms with Crippen LogP contribution in [-0.2, 0) is 9.53 Å². The van der Waals surface area contributed by atoms with Crippen LogP contribution < -0.4 is 9.47 Å². The molecule has 0 spiro atoms. The number of ether oxygens (including phenoxy) is 3. The molecule has 1 rings (SSSR count). The summed E-state index contributed by atoms with van der Waals surface area (Å²) in [5.74, 6) is 1.34. The van der Waals surface area contributed by atoms with Crippen molar-refractivity contribution >= 4 is 5.78 Å². The first-order valence-corrected chi connectivity index (χ1v) is 6.54. The van der Waals surface area contributed by atoms with Crippen LogP contribution in [0.2, 0.25) is 0 Å². The second-order valence-corrected chi connectivity index (χ2v) is 4.17. The fourth-order valence-corrected chi connectivity index (χ4v) is 1.94. The molecule has 1 unspecified atom stereocenters. The molecule has 0 amide bonds. The minimum absolute atomic E-state index is 0.0940. The first kappa shape index (κ1) is 15.5. The molecule has 0 bridgehead atoms. The van der Waals surface area contributed by atoms with Gasteiger partial charge in [0.1, 0.15) is 6.10 Å². The van der Waals surface area contributed by atoms with Gasteiger partial charge in [-0.25, -0.2) is 0 Å². The normalized spacial score (nSPS) is 12.0. The third kappa shape index (κ3) is 3.96. The third-order valence-electron chi connectivity index (χ3n) is 2.83. The van der Waals surface area contributed by atoms with E-state index in [1.54, 1.807) is 26.4 Å². The number of rotatable bonds is 8. The van der Waals surface area contributed by atoms with Crippen LogP contribution in [0.25, 0.3) is 0 Å². The zero-order chi connectivity index (χ0) is 14.3. The van der Waals surface area contributed by atoms with Crippen LogP contribution in [0.3, 0.4) is 0 Å². The Labute approximate surface area is 114 Å². The van der Waals surface area contributed by atoms with Crippen LogP contribution in [0.5, 0.6) is 11.5 Å². The highest BCUT2D eigenvalue weighted by atomic mass is 16.5. The van der Waals surface area contributed by atoms with Gasteiger partial charge in [0.2, 0.25) is 0 Å². The largest absolute Gasteiger partial charge is 0.493 e. The number of Topliss-reactive ketones (excluding diaryl/α,β-unsaturated/α-hetero) is 1. The molecule has 0 aliphatic heterocycles. The number of carbonyl (C=O) groups excluding carboxylic acids is 1. The summed E-state index contributed by atoms with van der Waals surface area (Å²) in [5, 5.41) is 0. The lowest BCUT2D eigenvalue weighted by atomic mass is 10.0. The van der Waals surface area contributed by atoms with E-state index < -0.39 is 6.10 Å². The van der Waals surface area contributed by atoms with Crippen molar-refractivity contribution < 1.29 is 19.0 Å². The molecule has 19 heavy (non-hydrogen) atoms. The molecule has 0 radical (unpaired) electrons. The van der Waals surface area contributed by atoms with E-state index in [9.17, 15) is 4.79 Å². The van der Waals surface area contributed by atoms with Crippen LogP contribution in [0, 0.1) is 0 Å². The highest BCUT2D eigenvalue weighted by Gasteiger charge is 2.21. The van der Waals surface area contributed by atoms with Crippen LogP contribution in [-0.4, -0.2) is 26.6 Å². The summed E-state index contributed by atoms with van der Waals surface area (Å²) in [6.45, 7) is 4.36. The van der Waals surface area contributed by atoms with Crippen molar-refractivity contribution in [3.8, 4) is 11.5 Å². The van der Waals surface area contributed by atoms with E-state index >= 15 is 0 Å². The number of carbonyl (C=O) groups is 1. The molecule has 1 aromatic carbocycles. The van der Waals surface area contributed by atoms with Gasteiger partial charge >= 0.3 is 0 Å². The predicted molar refractivity (Wildman–Crippen MR) is 73.8 cm³/mol. The number of methoxy groups -OCH3 is 2. The molecule has 0 saturated carbocycles. The standard InChI is InChI=1S/C15H22O4/c1-5-7-12(16)15(19-6-2)11-8-9-13(17-3)14(10-11)18-4/h8-10,15H,5-7H2,1-4H3. The highest BCUT2D eigenvalue weighted by molar-refractivity contribution is 5.84. The molecule has 1 aromatic rings. The van der Waals surface area contributed by atoms with E-state index in [0.717, 1.165) is 12.0 Å². The second kappa shape index (κ2) is 7.79. The van der Waals surface area contributed by atoms with Gasteiger partial charge in [-0.3, -0.25) is 4.79 Å². The summed E-state index contributed by atoms with van der Waals surface area (Å²) in [6.07, 6.45) is 0.805. The molecular formula is C15H22O4. The zero-order valence-corrected chi connectivity index (χ0v) is 12.1. The molecule has 106 valence electrons. The summed E-state index contributed by atoms with van der Waals surface area (Å²) in [4.78, 5) is 12.1. The van der Waals surface area contributed by atoms with Crippen molar-refractivity contribution in [2.75, 3.05) is 20.8 Å². The summed E-state index contributed by atoms with van der Waals surface area (Å²) < 4.78 is 16.0. The fourth-order valence-electron chi connectivity index (χ4n) is 1.94. The maximum absolute atomic E-state index is 12.1. The first-order chi connectivity index (χ1) is 9.17. The maximum Gasteiger partial charge on any atom is 0.166 e. The Morgan fingerprint density at radius 3 is 2.37 bits per heavy atom. The van der Waals surface area contributed by atoms with Crippen LogP contribution in [0.4, 0.5) is 0 Å². The van der Waals surface area contributed by atoms with E-state index in [0.29, 0.717) is 24.5 Å². The Morgan fingerprint density at radius 1 is 1.16 bits per heavy atom. The third-order valence-corrected chi connectivity index (χ3v) is 2.83. The molecule has 0 aliphatic rings. The van der Waals surface area contributed by atoms with Crippen LogP contribution >= 0.6 is 0 Å². The van der Waals surface area contributed by atoms with Crippen LogP contribution in [0.15, 0.2) is 18.2 Å². The monoisotopic (exact) mass is 266 g/mol. The topological polar surface area (TPSA) is 44.8 Å². The lowest BCUT2D eigenvalue weighted by molar-refractivity contribution is -0.130. The van der Waals surface area contributed by atoms with Gasteiger partial charge in [0.05, 0.1) is 14.2 Å². The summed E-state index contributed by atoms with van der Waals surface area (Å²) >= 11 is 0. The summed E-state index contributed by atoms with van der Waals surface area (Å²) in [7, 11) is 3.16. The molecule has 0 heterocycles. The van der Waals surface area contributed by atoms with Gasteiger partial charge in [0.25, 0.3) is 0 Å². The molecule has 1 atom stereocenters. The van der Waals surface area contributed by atoms with Crippen molar-refractivity contribution in [3.63, 3.8) is 0 Å². The van der Waals surface area contributed by atoms with E-state index in [-0.39, 0.29) is 5.78 Å². The molecular weight excluding hydrogens is 244 g/mol. The molecule has 0 aliphatic carbocycles. The van der Waals surface area contributed by atoms with Crippen molar-refractivity contribution in [1.82, 2.24) is 0 Å². The van der Waals surface area contributed by atoms with Gasteiger partial charge in [-0.1, -0.05) is 13.0 Å². The minimum atomic E-state index is -0.523. The van der Waals surface area contributed by atoms with Crippen LogP contribution in [0.1, 0.15) is 38.4 Å². The SMILES string of the molecule is CCCC(=O)C(OCC)c1ccc(OC)c(OC)c1. The van der Waals surface area contributed by atoms with Gasteiger partial charge < -0.3 is 14.2 Å². The highest BCUT2D eigenvalue weighted by Crippen LogP contribution is 2.31. The molecule has 0 fully saturated rings. The Balaban J connectivity index is 3.05. The van der Waals surface area contributed by atoms with Crippen molar-refractivity contribution in [1.29, 1.82) is 0 Å². The minimum Gasteiger partial charge on any atom is -0.493 e. The first-order valence-electron chi connectivity index (χ1n) is 6.54. The zero-order valence-electron chi connectivity index (χ0n) is 12.1. The van der Waals surface area contributed by atoms with Crippen molar-refractivity contribution in [3.05, 3.63) is 23.8 Å². The number of benzene rings is 1.